The monoisotopic (exact) mass is 681 g/mol. The lowest BCUT2D eigenvalue weighted by atomic mass is 9.96. The fraction of sp³-hybridized carbons (Fsp3) is 0. The van der Waals surface area contributed by atoms with Gasteiger partial charge in [0.2, 0.25) is 0 Å². The fourth-order valence-electron chi connectivity index (χ4n) is 7.72. The maximum atomic E-state index is 6.67. The average Bonchev–Trinajstić information content (AvgIpc) is 3.79. The Labute approximate surface area is 302 Å². The molecule has 0 aliphatic carbocycles. The van der Waals surface area contributed by atoms with E-state index in [2.05, 4.69) is 158 Å². The van der Waals surface area contributed by atoms with Gasteiger partial charge in [-0.25, -0.2) is 15.0 Å². The zero-order valence-electron chi connectivity index (χ0n) is 27.7. The molecule has 0 unspecified atom stereocenters. The maximum absolute atomic E-state index is 6.67. The van der Waals surface area contributed by atoms with Crippen LogP contribution in [0.1, 0.15) is 0 Å². The number of furan rings is 1. The van der Waals surface area contributed by atoms with Crippen LogP contribution in [0.5, 0.6) is 0 Å². The van der Waals surface area contributed by atoms with Gasteiger partial charge in [-0.3, -0.25) is 0 Å². The molecular formula is C47H27N3OS. The molecule has 0 atom stereocenters. The summed E-state index contributed by atoms with van der Waals surface area (Å²) in [6, 6.07) is 57.3. The minimum absolute atomic E-state index is 0.618. The Kier molecular flexibility index (Phi) is 6.39. The number of aromatic nitrogens is 3. The van der Waals surface area contributed by atoms with E-state index in [0.29, 0.717) is 17.5 Å². The van der Waals surface area contributed by atoms with Gasteiger partial charge in [-0.1, -0.05) is 127 Å². The van der Waals surface area contributed by atoms with Crippen molar-refractivity contribution in [3.63, 3.8) is 0 Å². The lowest BCUT2D eigenvalue weighted by molar-refractivity contribution is 0.673. The molecule has 11 rings (SSSR count). The summed E-state index contributed by atoms with van der Waals surface area (Å²) in [7, 11) is 0. The Morgan fingerprint density at radius 1 is 0.385 bits per heavy atom. The molecule has 0 spiro atoms. The van der Waals surface area contributed by atoms with Crippen LogP contribution in [0.4, 0.5) is 0 Å². The van der Waals surface area contributed by atoms with E-state index in [1.807, 2.05) is 17.4 Å². The second kappa shape index (κ2) is 11.4. The minimum Gasteiger partial charge on any atom is -0.455 e. The van der Waals surface area contributed by atoms with Gasteiger partial charge in [-0.15, -0.1) is 11.3 Å². The van der Waals surface area contributed by atoms with Gasteiger partial charge >= 0.3 is 0 Å². The summed E-state index contributed by atoms with van der Waals surface area (Å²) in [6.07, 6.45) is 0. The number of hydrogen-bond donors (Lipinski definition) is 0. The molecule has 0 amide bonds. The van der Waals surface area contributed by atoms with Crippen LogP contribution in [-0.4, -0.2) is 15.0 Å². The first-order chi connectivity index (χ1) is 25.8. The zero-order chi connectivity index (χ0) is 34.2. The van der Waals surface area contributed by atoms with Crippen LogP contribution < -0.4 is 0 Å². The van der Waals surface area contributed by atoms with Crippen molar-refractivity contribution < 1.29 is 4.42 Å². The van der Waals surface area contributed by atoms with E-state index in [1.165, 1.54) is 20.2 Å². The van der Waals surface area contributed by atoms with Crippen LogP contribution in [0.3, 0.4) is 0 Å². The van der Waals surface area contributed by atoms with Crippen molar-refractivity contribution in [3.05, 3.63) is 164 Å². The molecule has 0 bridgehead atoms. The van der Waals surface area contributed by atoms with Crippen molar-refractivity contribution in [1.82, 2.24) is 15.0 Å². The predicted molar refractivity (Wildman–Crippen MR) is 217 cm³/mol. The number of rotatable bonds is 4. The van der Waals surface area contributed by atoms with Gasteiger partial charge in [-0.05, 0) is 63.7 Å². The first-order valence-corrected chi connectivity index (χ1v) is 18.2. The van der Waals surface area contributed by atoms with E-state index in [9.17, 15) is 0 Å². The summed E-state index contributed by atoms with van der Waals surface area (Å²) in [5.74, 6) is 1.89. The van der Waals surface area contributed by atoms with E-state index in [-0.39, 0.29) is 0 Å². The summed E-state index contributed by atoms with van der Waals surface area (Å²) >= 11 is 1.81. The fourth-order valence-corrected chi connectivity index (χ4v) is 8.81. The Morgan fingerprint density at radius 3 is 1.92 bits per heavy atom. The van der Waals surface area contributed by atoms with Crippen molar-refractivity contribution in [1.29, 1.82) is 0 Å². The summed E-state index contributed by atoms with van der Waals surface area (Å²) in [6.45, 7) is 0. The zero-order valence-corrected chi connectivity index (χ0v) is 28.6. The molecule has 0 N–H and O–H groups in total. The molecule has 0 aliphatic heterocycles. The first kappa shape index (κ1) is 29.1. The second-order valence-electron chi connectivity index (χ2n) is 13.1. The summed E-state index contributed by atoms with van der Waals surface area (Å²) < 4.78 is 9.18. The van der Waals surface area contributed by atoms with Gasteiger partial charge in [0, 0.05) is 53.0 Å². The van der Waals surface area contributed by atoms with E-state index < -0.39 is 0 Å². The van der Waals surface area contributed by atoms with Gasteiger partial charge in [0.05, 0.1) is 0 Å². The third-order valence-electron chi connectivity index (χ3n) is 10.1. The number of fused-ring (bicyclic) bond motifs is 9. The normalized spacial score (nSPS) is 11.8. The molecule has 52 heavy (non-hydrogen) atoms. The van der Waals surface area contributed by atoms with Crippen LogP contribution >= 0.6 is 11.3 Å². The molecule has 0 saturated heterocycles. The number of hydrogen-bond acceptors (Lipinski definition) is 5. The van der Waals surface area contributed by atoms with Crippen molar-refractivity contribution in [2.45, 2.75) is 0 Å². The molecule has 242 valence electrons. The van der Waals surface area contributed by atoms with E-state index in [1.54, 1.807) is 0 Å². The maximum Gasteiger partial charge on any atom is 0.164 e. The highest BCUT2D eigenvalue weighted by molar-refractivity contribution is 7.25. The van der Waals surface area contributed by atoms with Crippen molar-refractivity contribution in [2.75, 3.05) is 0 Å². The lowest BCUT2D eigenvalue weighted by Gasteiger charge is -2.12. The summed E-state index contributed by atoms with van der Waals surface area (Å²) in [4.78, 5) is 15.8. The second-order valence-corrected chi connectivity index (χ2v) is 14.2. The number of nitrogens with zero attached hydrogens (tertiary/aromatic N) is 3. The SMILES string of the molecule is c1ccc(-c2cccc3oc4c5ccccc5c(-c5nc(-c6ccc7sc8ccccc8c7c6)nc(-c6cccc7ccccc67)n5)cc4c23)cc1. The molecule has 4 nitrogen and oxygen atoms in total. The van der Waals surface area contributed by atoms with Gasteiger partial charge in [0.1, 0.15) is 11.2 Å². The molecule has 3 heterocycles. The van der Waals surface area contributed by atoms with Gasteiger partial charge in [0.25, 0.3) is 0 Å². The Hall–Kier alpha value is -6.69. The third kappa shape index (κ3) is 4.50. The third-order valence-corrected chi connectivity index (χ3v) is 11.3. The molecule has 0 radical (unpaired) electrons. The van der Waals surface area contributed by atoms with Crippen LogP contribution in [-0.2, 0) is 0 Å². The van der Waals surface area contributed by atoms with Gasteiger partial charge in [0.15, 0.2) is 17.5 Å². The molecule has 3 aromatic heterocycles. The Balaban J connectivity index is 1.22. The molecule has 11 aromatic rings. The van der Waals surface area contributed by atoms with Crippen molar-refractivity contribution in [2.24, 2.45) is 0 Å². The highest BCUT2D eigenvalue weighted by Crippen LogP contribution is 2.43. The summed E-state index contributed by atoms with van der Waals surface area (Å²) in [5, 5.41) is 8.83. The van der Waals surface area contributed by atoms with Crippen LogP contribution in [0.2, 0.25) is 0 Å². The number of thiophene rings is 1. The van der Waals surface area contributed by atoms with Gasteiger partial charge in [-0.2, -0.15) is 0 Å². The number of benzene rings is 8. The minimum atomic E-state index is 0.618. The quantitative estimate of drug-likeness (QED) is 0.185. The van der Waals surface area contributed by atoms with Crippen LogP contribution in [0.25, 0.3) is 109 Å². The standard InChI is InChI=1S/C47H27N3OS/c1-2-12-29(13-3-1)32-20-11-22-40-43(32)39-27-38(33-17-6-7-19-35(33)44(39)51-40)47-49-45(30-24-25-42-37(26-30)34-18-8-9-23-41(34)52-42)48-46(50-47)36-21-10-15-28-14-4-5-16-31(28)36/h1-27H. The smallest absolute Gasteiger partial charge is 0.164 e. The topological polar surface area (TPSA) is 51.8 Å². The Bertz CT molecular complexity index is 3190. The predicted octanol–water partition coefficient (Wildman–Crippen LogP) is 13.1. The van der Waals surface area contributed by atoms with Crippen molar-refractivity contribution >= 4 is 75.0 Å². The molecule has 8 aromatic carbocycles. The van der Waals surface area contributed by atoms with Crippen LogP contribution in [0.15, 0.2) is 168 Å². The summed E-state index contributed by atoms with van der Waals surface area (Å²) in [5.41, 5.74) is 6.83. The van der Waals surface area contributed by atoms with Crippen LogP contribution in [0, 0.1) is 0 Å². The Morgan fingerprint density at radius 2 is 1.04 bits per heavy atom. The van der Waals surface area contributed by atoms with Crippen molar-refractivity contribution in [3.8, 4) is 45.3 Å². The average molecular weight is 682 g/mol. The largest absolute Gasteiger partial charge is 0.455 e. The molecular weight excluding hydrogens is 655 g/mol. The molecule has 5 heteroatoms. The molecule has 0 fully saturated rings. The van der Waals surface area contributed by atoms with E-state index >= 15 is 0 Å². The highest BCUT2D eigenvalue weighted by Gasteiger charge is 2.21. The van der Waals surface area contributed by atoms with Gasteiger partial charge < -0.3 is 4.42 Å². The van der Waals surface area contributed by atoms with E-state index in [0.717, 1.165) is 71.3 Å². The molecule has 0 saturated carbocycles. The molecule has 0 aliphatic rings. The lowest BCUT2D eigenvalue weighted by Crippen LogP contribution is -2.01. The first-order valence-electron chi connectivity index (χ1n) is 17.4. The van der Waals surface area contributed by atoms with E-state index in [4.69, 9.17) is 19.4 Å². The highest BCUT2D eigenvalue weighted by atomic mass is 32.1.